The zero-order valence-corrected chi connectivity index (χ0v) is 24.3. The van der Waals surface area contributed by atoms with Crippen LogP contribution in [-0.4, -0.2) is 37.1 Å². The Bertz CT molecular complexity index is 805. The molecule has 3 nitrogen and oxygen atoms in total. The van der Waals surface area contributed by atoms with Gasteiger partial charge in [0.2, 0.25) is 0 Å². The molecule has 0 aromatic heterocycles. The van der Waals surface area contributed by atoms with Crippen molar-refractivity contribution in [1.82, 2.24) is 0 Å². The average molecular weight is 489 g/mol. The quantitative estimate of drug-likeness (QED) is 0.402. The number of methoxy groups -OCH3 is 1. The third-order valence-electron chi connectivity index (χ3n) is 13.5. The molecule has 0 heterocycles. The molecule has 5 aliphatic rings. The van der Waals surface area contributed by atoms with Crippen LogP contribution < -0.4 is 0 Å². The van der Waals surface area contributed by atoms with Gasteiger partial charge in [-0.1, -0.05) is 46.8 Å². The first-order chi connectivity index (χ1) is 16.3. The van der Waals surface area contributed by atoms with Crippen LogP contribution in [0.1, 0.15) is 106 Å². The molecular weight excluding hydrogens is 432 g/mol. The molecule has 0 aromatic rings. The highest BCUT2D eigenvalue weighted by Gasteiger charge is 2.70. The van der Waals surface area contributed by atoms with E-state index in [0.717, 1.165) is 18.3 Å². The molecule has 0 aromatic carbocycles. The fourth-order valence-electron chi connectivity index (χ4n) is 11.5. The summed E-state index contributed by atoms with van der Waals surface area (Å²) >= 11 is 0. The van der Waals surface area contributed by atoms with E-state index in [1.165, 1.54) is 63.4 Å². The van der Waals surface area contributed by atoms with Crippen molar-refractivity contribution < 1.29 is 14.9 Å². The van der Waals surface area contributed by atoms with Crippen LogP contribution in [0.2, 0.25) is 0 Å². The topological polar surface area (TPSA) is 49.7 Å². The Labute approximate surface area is 216 Å². The summed E-state index contributed by atoms with van der Waals surface area (Å²) in [7, 11) is 3.25. The van der Waals surface area contributed by atoms with Crippen LogP contribution in [0.25, 0.3) is 0 Å². The Hall–Kier alpha value is -0.380. The Morgan fingerprint density at radius 2 is 1.49 bits per heavy atom. The molecule has 0 aliphatic heterocycles. The van der Waals surface area contributed by atoms with Crippen molar-refractivity contribution in [3.63, 3.8) is 0 Å². The van der Waals surface area contributed by atoms with E-state index < -0.39 is 0 Å². The van der Waals surface area contributed by atoms with Crippen LogP contribution in [0.15, 0.2) is 12.2 Å². The Kier molecular flexibility index (Phi) is 7.21. The number of fused-ring (bicyclic) bond motifs is 7. The summed E-state index contributed by atoms with van der Waals surface area (Å²) < 4.78 is 4.25. The van der Waals surface area contributed by atoms with Crippen molar-refractivity contribution in [3.8, 4) is 0 Å². The van der Waals surface area contributed by atoms with Crippen molar-refractivity contribution >= 4 is 0 Å². The van der Waals surface area contributed by atoms with Gasteiger partial charge in [0.1, 0.15) is 0 Å². The molecule has 202 valence electrons. The molecule has 35 heavy (non-hydrogen) atoms. The third-order valence-corrected chi connectivity index (χ3v) is 13.5. The molecule has 3 heteroatoms. The molecular formula is C32H56O3. The second kappa shape index (κ2) is 9.12. The van der Waals surface area contributed by atoms with E-state index in [1.807, 2.05) is 0 Å². The lowest BCUT2D eigenvalue weighted by atomic mass is 9.32. The molecule has 0 amide bonds. The van der Waals surface area contributed by atoms with E-state index in [2.05, 4.69) is 52.9 Å². The fraction of sp³-hybridized carbons (Fsp3) is 0.938. The molecule has 0 unspecified atom stereocenters. The lowest BCUT2D eigenvalue weighted by Gasteiger charge is -2.73. The molecule has 5 rings (SSSR count). The molecule has 0 radical (unpaired) electrons. The van der Waals surface area contributed by atoms with Gasteiger partial charge in [-0.2, -0.15) is 0 Å². The average Bonchev–Trinajstić information content (AvgIpc) is 3.18. The smallest absolute Gasteiger partial charge is 0.0594 e. The van der Waals surface area contributed by atoms with Gasteiger partial charge < -0.3 is 14.9 Å². The second-order valence-corrected chi connectivity index (χ2v) is 15.0. The molecule has 0 bridgehead atoms. The van der Waals surface area contributed by atoms with Crippen molar-refractivity contribution in [3.05, 3.63) is 12.2 Å². The highest BCUT2D eigenvalue weighted by atomic mass is 16.4. The van der Waals surface area contributed by atoms with Gasteiger partial charge >= 0.3 is 0 Å². The van der Waals surface area contributed by atoms with E-state index in [0.29, 0.717) is 40.6 Å². The van der Waals surface area contributed by atoms with Gasteiger partial charge in [-0.25, -0.2) is 0 Å². The van der Waals surface area contributed by atoms with Gasteiger partial charge in [0.25, 0.3) is 0 Å². The number of hydrogen-bond acceptors (Lipinski definition) is 3. The minimum Gasteiger partial charge on any atom is -0.396 e. The van der Waals surface area contributed by atoms with E-state index in [-0.39, 0.29) is 16.9 Å². The van der Waals surface area contributed by atoms with Crippen LogP contribution in [-0.2, 0) is 4.74 Å². The number of ether oxygens (including phenoxy) is 1. The predicted molar refractivity (Wildman–Crippen MR) is 145 cm³/mol. The number of hydrogen-bond donors (Lipinski definition) is 2. The first-order valence-electron chi connectivity index (χ1n) is 14.6. The van der Waals surface area contributed by atoms with Gasteiger partial charge in [-0.3, -0.25) is 0 Å². The van der Waals surface area contributed by atoms with Crippen molar-refractivity contribution in [2.45, 2.75) is 112 Å². The highest BCUT2D eigenvalue weighted by Crippen LogP contribution is 2.77. The van der Waals surface area contributed by atoms with Crippen molar-refractivity contribution in [2.75, 3.05) is 20.8 Å². The van der Waals surface area contributed by atoms with E-state index in [9.17, 15) is 10.2 Å². The minimum atomic E-state index is -0.147. The summed E-state index contributed by atoms with van der Waals surface area (Å²) in [6, 6.07) is 0. The Balaban J connectivity index is 0.000000917. The summed E-state index contributed by atoms with van der Waals surface area (Å²) in [6.45, 7) is 19.7. The molecule has 5 saturated carbocycles. The van der Waals surface area contributed by atoms with Crippen molar-refractivity contribution in [2.24, 2.45) is 56.7 Å². The zero-order chi connectivity index (χ0) is 26.0. The largest absolute Gasteiger partial charge is 0.396 e. The Morgan fingerprint density at radius 3 is 2.09 bits per heavy atom. The number of rotatable bonds is 2. The van der Waals surface area contributed by atoms with Gasteiger partial charge in [0, 0.05) is 20.8 Å². The first-order valence-corrected chi connectivity index (χ1v) is 14.6. The number of aliphatic hydroxyl groups is 2. The summed E-state index contributed by atoms with van der Waals surface area (Å²) in [5, 5.41) is 21.5. The van der Waals surface area contributed by atoms with Crippen LogP contribution in [0, 0.1) is 56.7 Å². The summed E-state index contributed by atoms with van der Waals surface area (Å²) in [4.78, 5) is 0. The monoisotopic (exact) mass is 488 g/mol. The van der Waals surface area contributed by atoms with E-state index in [4.69, 9.17) is 0 Å². The van der Waals surface area contributed by atoms with Crippen LogP contribution in [0.4, 0.5) is 0 Å². The lowest BCUT2D eigenvalue weighted by Crippen LogP contribution is -2.66. The van der Waals surface area contributed by atoms with E-state index >= 15 is 0 Å². The molecule has 10 atom stereocenters. The standard InChI is InChI=1S/C30H50O2.C2H6O/c1-19(2)20-10-15-30(18-31)17-16-28(6)21(25(20)30)8-9-23-27(5)13-12-24(32)26(3,4)22(27)11-14-29(23,28)7;1-3-2/h20-25,31-32H,1,8-18H2,2-7H3;1-2H3/t20-,21+,22-,23+,24-,25+,27-,28+,29+,30+;/m0./s1. The normalized spacial score (nSPS) is 52.2. The van der Waals surface area contributed by atoms with E-state index in [1.54, 1.807) is 14.2 Å². The fourth-order valence-corrected chi connectivity index (χ4v) is 11.5. The summed E-state index contributed by atoms with van der Waals surface area (Å²) in [5.41, 5.74) is 2.60. The molecule has 0 saturated heterocycles. The van der Waals surface area contributed by atoms with Gasteiger partial charge in [-0.15, -0.1) is 0 Å². The molecule has 5 fully saturated rings. The first kappa shape index (κ1) is 27.6. The Morgan fingerprint density at radius 1 is 0.829 bits per heavy atom. The summed E-state index contributed by atoms with van der Waals surface area (Å²) in [5.74, 6) is 3.33. The lowest BCUT2D eigenvalue weighted by molar-refractivity contribution is -0.249. The molecule has 0 spiro atoms. The highest BCUT2D eigenvalue weighted by molar-refractivity contribution is 5.21. The number of allylic oxidation sites excluding steroid dienone is 1. The van der Waals surface area contributed by atoms with Gasteiger partial charge in [0.05, 0.1) is 6.10 Å². The molecule has 5 aliphatic carbocycles. The maximum Gasteiger partial charge on any atom is 0.0594 e. The molecule has 2 N–H and O–H groups in total. The van der Waals surface area contributed by atoms with Crippen molar-refractivity contribution in [1.29, 1.82) is 0 Å². The maximum atomic E-state index is 10.9. The zero-order valence-electron chi connectivity index (χ0n) is 24.3. The van der Waals surface area contributed by atoms with Gasteiger partial charge in [-0.05, 0) is 128 Å². The second-order valence-electron chi connectivity index (χ2n) is 15.0. The third kappa shape index (κ3) is 3.68. The maximum absolute atomic E-state index is 10.9. The summed E-state index contributed by atoms with van der Waals surface area (Å²) in [6.07, 6.45) is 12.2. The minimum absolute atomic E-state index is 0.0290. The number of aliphatic hydroxyl groups excluding tert-OH is 2. The SMILES string of the molecule is C=C(C)[C@@H]1CC[C@]2(CO)CC[C@]3(C)[C@H](CC[C@@H]4[C@@]5(C)CC[C@H](O)C(C)(C)[C@@H]5CC[C@]43C)[C@@H]12.COC. The van der Waals surface area contributed by atoms with Crippen LogP contribution in [0.3, 0.4) is 0 Å². The van der Waals surface area contributed by atoms with Crippen LogP contribution >= 0.6 is 0 Å². The predicted octanol–water partition coefficient (Wildman–Crippen LogP) is 7.26. The van der Waals surface area contributed by atoms with Crippen LogP contribution in [0.5, 0.6) is 0 Å². The van der Waals surface area contributed by atoms with Gasteiger partial charge in [0.15, 0.2) is 0 Å².